The standard InChI is InChI=1S/C18H28ClNO/c1-3-20-18(12-9-14-7-5-4-6-8-14)16-11-10-15(21-2)13-17(16)19/h10-11,13-14,18,20H,3-9,12H2,1-2H3. The van der Waals surface area contributed by atoms with Gasteiger partial charge < -0.3 is 10.1 Å². The summed E-state index contributed by atoms with van der Waals surface area (Å²) in [6, 6.07) is 6.39. The van der Waals surface area contributed by atoms with E-state index < -0.39 is 0 Å². The van der Waals surface area contributed by atoms with E-state index in [4.69, 9.17) is 16.3 Å². The summed E-state index contributed by atoms with van der Waals surface area (Å²) in [5, 5.41) is 4.40. The molecule has 0 amide bonds. The molecule has 1 atom stereocenters. The van der Waals surface area contributed by atoms with Crippen LogP contribution in [0.15, 0.2) is 18.2 Å². The Morgan fingerprint density at radius 1 is 1.29 bits per heavy atom. The van der Waals surface area contributed by atoms with E-state index in [1.54, 1.807) is 7.11 Å². The van der Waals surface area contributed by atoms with Crippen LogP contribution in [0.3, 0.4) is 0 Å². The van der Waals surface area contributed by atoms with Crippen LogP contribution in [-0.4, -0.2) is 13.7 Å². The lowest BCUT2D eigenvalue weighted by Crippen LogP contribution is -2.22. The predicted molar refractivity (Wildman–Crippen MR) is 90.2 cm³/mol. The van der Waals surface area contributed by atoms with Crippen molar-refractivity contribution in [3.8, 4) is 5.75 Å². The molecule has 1 N–H and O–H groups in total. The Morgan fingerprint density at radius 2 is 2.05 bits per heavy atom. The zero-order valence-corrected chi connectivity index (χ0v) is 14.1. The minimum atomic E-state index is 0.357. The third-order valence-corrected chi connectivity index (χ3v) is 4.95. The Bertz CT molecular complexity index is 429. The summed E-state index contributed by atoms with van der Waals surface area (Å²) in [5.74, 6) is 1.74. The number of rotatable bonds is 7. The average molecular weight is 310 g/mol. The van der Waals surface area contributed by atoms with Crippen LogP contribution in [0.2, 0.25) is 5.02 Å². The SMILES string of the molecule is CCNC(CCC1CCCCC1)c1ccc(OC)cc1Cl. The lowest BCUT2D eigenvalue weighted by Gasteiger charge is -2.25. The van der Waals surface area contributed by atoms with Crippen molar-refractivity contribution in [2.45, 2.75) is 57.9 Å². The molecule has 1 unspecified atom stereocenters. The van der Waals surface area contributed by atoms with Gasteiger partial charge in [0.05, 0.1) is 7.11 Å². The fourth-order valence-electron chi connectivity index (χ4n) is 3.41. The van der Waals surface area contributed by atoms with Gasteiger partial charge in [0.2, 0.25) is 0 Å². The highest BCUT2D eigenvalue weighted by atomic mass is 35.5. The molecule has 21 heavy (non-hydrogen) atoms. The summed E-state index contributed by atoms with van der Waals surface area (Å²) < 4.78 is 5.24. The maximum atomic E-state index is 6.44. The van der Waals surface area contributed by atoms with E-state index in [0.29, 0.717) is 6.04 Å². The first-order valence-electron chi connectivity index (χ1n) is 8.31. The molecule has 3 heteroatoms. The Kier molecular flexibility index (Phi) is 6.85. The van der Waals surface area contributed by atoms with Gasteiger partial charge in [0.25, 0.3) is 0 Å². The number of hydrogen-bond donors (Lipinski definition) is 1. The highest BCUT2D eigenvalue weighted by molar-refractivity contribution is 6.31. The van der Waals surface area contributed by atoms with Gasteiger partial charge in [-0.25, -0.2) is 0 Å². The van der Waals surface area contributed by atoms with E-state index in [-0.39, 0.29) is 0 Å². The first kappa shape index (κ1) is 16.6. The fourth-order valence-corrected chi connectivity index (χ4v) is 3.71. The van der Waals surface area contributed by atoms with Crippen molar-refractivity contribution >= 4 is 11.6 Å². The molecule has 0 aromatic heterocycles. The van der Waals surface area contributed by atoms with Crippen molar-refractivity contribution in [1.29, 1.82) is 0 Å². The number of ether oxygens (including phenoxy) is 1. The molecule has 1 aliphatic carbocycles. The summed E-state index contributed by atoms with van der Waals surface area (Å²) >= 11 is 6.44. The second-order valence-corrected chi connectivity index (χ2v) is 6.49. The third kappa shape index (κ3) is 4.89. The predicted octanol–water partition coefficient (Wildman–Crippen LogP) is 5.36. The van der Waals surface area contributed by atoms with Gasteiger partial charge in [0.1, 0.15) is 5.75 Å². The van der Waals surface area contributed by atoms with E-state index in [9.17, 15) is 0 Å². The molecule has 1 fully saturated rings. The van der Waals surface area contributed by atoms with Gasteiger partial charge in [-0.1, -0.05) is 56.7 Å². The van der Waals surface area contributed by atoms with Gasteiger partial charge in [-0.05, 0) is 43.0 Å². The molecule has 1 aliphatic rings. The van der Waals surface area contributed by atoms with Gasteiger partial charge >= 0.3 is 0 Å². The Balaban J connectivity index is 2.00. The van der Waals surface area contributed by atoms with Crippen molar-refractivity contribution in [3.05, 3.63) is 28.8 Å². The van der Waals surface area contributed by atoms with Gasteiger partial charge in [-0.15, -0.1) is 0 Å². The van der Waals surface area contributed by atoms with Gasteiger partial charge in [0.15, 0.2) is 0 Å². The van der Waals surface area contributed by atoms with Crippen molar-refractivity contribution in [2.75, 3.05) is 13.7 Å². The lowest BCUT2D eigenvalue weighted by atomic mass is 9.84. The molecule has 0 bridgehead atoms. The smallest absolute Gasteiger partial charge is 0.120 e. The summed E-state index contributed by atoms with van der Waals surface area (Å²) in [4.78, 5) is 0. The molecule has 0 heterocycles. The monoisotopic (exact) mass is 309 g/mol. The Morgan fingerprint density at radius 3 is 2.67 bits per heavy atom. The molecule has 2 nitrogen and oxygen atoms in total. The van der Waals surface area contributed by atoms with E-state index >= 15 is 0 Å². The molecule has 1 aromatic carbocycles. The zero-order valence-electron chi connectivity index (χ0n) is 13.3. The third-order valence-electron chi connectivity index (χ3n) is 4.62. The maximum absolute atomic E-state index is 6.44. The minimum absolute atomic E-state index is 0.357. The lowest BCUT2D eigenvalue weighted by molar-refractivity contribution is 0.315. The van der Waals surface area contributed by atoms with Crippen molar-refractivity contribution in [1.82, 2.24) is 5.32 Å². The summed E-state index contributed by atoms with van der Waals surface area (Å²) in [5.41, 5.74) is 1.20. The van der Waals surface area contributed by atoms with Crippen LogP contribution < -0.4 is 10.1 Å². The van der Waals surface area contributed by atoms with Crippen LogP contribution in [0.4, 0.5) is 0 Å². The molecule has 0 aliphatic heterocycles. The van der Waals surface area contributed by atoms with Gasteiger partial charge in [0, 0.05) is 11.1 Å². The molecule has 0 saturated heterocycles. The first-order valence-corrected chi connectivity index (χ1v) is 8.69. The molecule has 118 valence electrons. The molecular weight excluding hydrogens is 282 g/mol. The van der Waals surface area contributed by atoms with Crippen LogP contribution in [0.1, 0.15) is 63.5 Å². The van der Waals surface area contributed by atoms with Crippen LogP contribution in [0, 0.1) is 5.92 Å². The molecule has 0 spiro atoms. The normalized spacial score (nSPS) is 17.7. The largest absolute Gasteiger partial charge is 0.497 e. The van der Waals surface area contributed by atoms with Crippen molar-refractivity contribution < 1.29 is 4.74 Å². The van der Waals surface area contributed by atoms with Crippen LogP contribution in [0.25, 0.3) is 0 Å². The zero-order chi connectivity index (χ0) is 15.1. The molecule has 1 saturated carbocycles. The average Bonchev–Trinajstić information content (AvgIpc) is 2.52. The van der Waals surface area contributed by atoms with Gasteiger partial charge in [-0.2, -0.15) is 0 Å². The van der Waals surface area contributed by atoms with E-state index in [1.807, 2.05) is 12.1 Å². The van der Waals surface area contributed by atoms with Crippen LogP contribution in [0.5, 0.6) is 5.75 Å². The van der Waals surface area contributed by atoms with E-state index in [2.05, 4.69) is 18.3 Å². The number of nitrogens with one attached hydrogen (secondary N) is 1. The number of benzene rings is 1. The second-order valence-electron chi connectivity index (χ2n) is 6.08. The molecule has 1 aromatic rings. The quantitative estimate of drug-likeness (QED) is 0.732. The number of halogens is 1. The van der Waals surface area contributed by atoms with Gasteiger partial charge in [-0.3, -0.25) is 0 Å². The Hall–Kier alpha value is -0.730. The highest BCUT2D eigenvalue weighted by Crippen LogP contribution is 2.33. The maximum Gasteiger partial charge on any atom is 0.120 e. The van der Waals surface area contributed by atoms with E-state index in [0.717, 1.165) is 23.2 Å². The topological polar surface area (TPSA) is 21.3 Å². The second kappa shape index (κ2) is 8.65. The van der Waals surface area contributed by atoms with Crippen LogP contribution in [-0.2, 0) is 0 Å². The fraction of sp³-hybridized carbons (Fsp3) is 0.667. The molecule has 0 radical (unpaired) electrons. The minimum Gasteiger partial charge on any atom is -0.497 e. The van der Waals surface area contributed by atoms with E-state index in [1.165, 1.54) is 50.5 Å². The summed E-state index contributed by atoms with van der Waals surface area (Å²) in [6.45, 7) is 3.13. The molecular formula is C18H28ClNO. The van der Waals surface area contributed by atoms with Crippen LogP contribution >= 0.6 is 11.6 Å². The number of hydrogen-bond acceptors (Lipinski definition) is 2. The van der Waals surface area contributed by atoms with Crippen molar-refractivity contribution in [3.63, 3.8) is 0 Å². The first-order chi connectivity index (χ1) is 10.2. The summed E-state index contributed by atoms with van der Waals surface area (Å²) in [6.07, 6.45) is 9.56. The molecule has 2 rings (SSSR count). The van der Waals surface area contributed by atoms with Crippen molar-refractivity contribution in [2.24, 2.45) is 5.92 Å². The number of methoxy groups -OCH3 is 1. The summed E-state index contributed by atoms with van der Waals surface area (Å²) in [7, 11) is 1.68. The Labute approximate surface area is 134 Å². The highest BCUT2D eigenvalue weighted by Gasteiger charge is 2.18.